The quantitative estimate of drug-likeness (QED) is 0.588. The Morgan fingerprint density at radius 3 is 2.73 bits per heavy atom. The Morgan fingerprint density at radius 2 is 2.00 bits per heavy atom. The van der Waals surface area contributed by atoms with Crippen LogP contribution in [0.2, 0.25) is 5.15 Å². The molecule has 0 bridgehead atoms. The maximum absolute atomic E-state index is 14.6. The minimum atomic E-state index is -3.17. The number of sulfonamides is 1. The van der Waals surface area contributed by atoms with Crippen LogP contribution in [0.1, 0.15) is 19.8 Å². The lowest BCUT2D eigenvalue weighted by atomic mass is 9.99. The molecule has 0 amide bonds. The monoisotopic (exact) mass is 448 g/mol. The molecule has 2 aromatic heterocycles. The zero-order valence-corrected chi connectivity index (χ0v) is 18.0. The Hall–Kier alpha value is -2.29. The number of halogens is 2. The zero-order valence-electron chi connectivity index (χ0n) is 16.5. The maximum Gasteiger partial charge on any atom is 0.213 e. The highest BCUT2D eigenvalue weighted by Crippen LogP contribution is 2.34. The van der Waals surface area contributed by atoms with Crippen LogP contribution in [0.15, 0.2) is 42.9 Å². The first kappa shape index (κ1) is 21.0. The minimum Gasteiger partial charge on any atom is -0.382 e. The fraction of sp³-hybridized carbons (Fsp3) is 0.333. The molecule has 158 valence electrons. The summed E-state index contributed by atoms with van der Waals surface area (Å²) in [4.78, 5) is 8.01. The lowest BCUT2D eigenvalue weighted by Gasteiger charge is -2.32. The molecular weight excluding hydrogens is 427 g/mol. The third-order valence-corrected chi connectivity index (χ3v) is 7.63. The number of aromatic nitrogens is 2. The molecule has 1 aliphatic heterocycles. The summed E-state index contributed by atoms with van der Waals surface area (Å²) in [6, 6.07) is 7.36. The van der Waals surface area contributed by atoms with Gasteiger partial charge in [0.15, 0.2) is 11.0 Å². The number of pyridine rings is 2. The lowest BCUT2D eigenvalue weighted by Crippen LogP contribution is -2.42. The molecule has 1 fully saturated rings. The first-order valence-corrected chi connectivity index (χ1v) is 11.8. The molecule has 3 aromatic rings. The summed E-state index contributed by atoms with van der Waals surface area (Å²) in [7, 11) is -3.17. The second-order valence-corrected chi connectivity index (χ2v) is 9.92. The van der Waals surface area contributed by atoms with Gasteiger partial charge in [-0.25, -0.2) is 22.1 Å². The highest BCUT2D eigenvalue weighted by molar-refractivity contribution is 7.89. The molecule has 3 heterocycles. The summed E-state index contributed by atoms with van der Waals surface area (Å²) < 4.78 is 40.3. The number of piperidine rings is 1. The highest BCUT2D eigenvalue weighted by Gasteiger charge is 2.27. The Morgan fingerprint density at radius 1 is 1.23 bits per heavy atom. The van der Waals surface area contributed by atoms with Crippen molar-refractivity contribution in [3.05, 3.63) is 53.8 Å². The van der Waals surface area contributed by atoms with E-state index in [0.29, 0.717) is 37.1 Å². The molecule has 1 aromatic carbocycles. The third kappa shape index (κ3) is 4.12. The Kier molecular flexibility index (Phi) is 5.90. The summed E-state index contributed by atoms with van der Waals surface area (Å²) in [5.41, 5.74) is 1.89. The summed E-state index contributed by atoms with van der Waals surface area (Å²) in [6.07, 6.45) is 6.34. The van der Waals surface area contributed by atoms with Crippen molar-refractivity contribution in [2.75, 3.05) is 24.2 Å². The number of hydrogen-bond donors (Lipinski definition) is 1. The number of nitrogens with zero attached hydrogens (tertiary/aromatic N) is 3. The van der Waals surface area contributed by atoms with Gasteiger partial charge in [0.05, 0.1) is 5.75 Å². The van der Waals surface area contributed by atoms with Crippen LogP contribution in [0.25, 0.3) is 21.9 Å². The van der Waals surface area contributed by atoms with Crippen LogP contribution in [-0.4, -0.2) is 47.6 Å². The molecule has 1 saturated heterocycles. The molecule has 0 aliphatic carbocycles. The van der Waals surface area contributed by atoms with Crippen LogP contribution in [0.4, 0.5) is 10.1 Å². The summed E-state index contributed by atoms with van der Waals surface area (Å²) in [5.74, 6) is -0.444. The molecule has 0 spiro atoms. The van der Waals surface area contributed by atoms with Gasteiger partial charge >= 0.3 is 0 Å². The maximum atomic E-state index is 14.6. The van der Waals surface area contributed by atoms with E-state index in [1.165, 1.54) is 6.20 Å². The van der Waals surface area contributed by atoms with Crippen LogP contribution < -0.4 is 5.32 Å². The van der Waals surface area contributed by atoms with E-state index in [1.54, 1.807) is 29.7 Å². The van der Waals surface area contributed by atoms with Crippen molar-refractivity contribution in [2.24, 2.45) is 0 Å². The molecule has 0 atom stereocenters. The number of anilines is 1. The summed E-state index contributed by atoms with van der Waals surface area (Å²) in [5, 5.41) is 5.20. The smallest absolute Gasteiger partial charge is 0.213 e. The highest BCUT2D eigenvalue weighted by atomic mass is 35.5. The summed E-state index contributed by atoms with van der Waals surface area (Å²) in [6.45, 7) is 2.63. The van der Waals surface area contributed by atoms with Crippen LogP contribution in [0.3, 0.4) is 0 Å². The molecule has 6 nitrogen and oxygen atoms in total. The van der Waals surface area contributed by atoms with Crippen LogP contribution in [-0.2, 0) is 10.0 Å². The number of nitrogens with one attached hydrogen (secondary N) is 1. The van der Waals surface area contributed by atoms with E-state index >= 15 is 0 Å². The fourth-order valence-corrected chi connectivity index (χ4v) is 5.09. The first-order chi connectivity index (χ1) is 14.4. The van der Waals surface area contributed by atoms with Crippen molar-refractivity contribution in [1.29, 1.82) is 0 Å². The van der Waals surface area contributed by atoms with Crippen molar-refractivity contribution in [1.82, 2.24) is 14.3 Å². The molecule has 9 heteroatoms. The second-order valence-electron chi connectivity index (χ2n) is 7.30. The van der Waals surface area contributed by atoms with E-state index < -0.39 is 15.8 Å². The molecule has 30 heavy (non-hydrogen) atoms. The van der Waals surface area contributed by atoms with Gasteiger partial charge in [0.25, 0.3) is 0 Å². The van der Waals surface area contributed by atoms with E-state index in [9.17, 15) is 12.8 Å². The van der Waals surface area contributed by atoms with Crippen LogP contribution >= 0.6 is 11.6 Å². The predicted molar refractivity (Wildman–Crippen MR) is 118 cm³/mol. The minimum absolute atomic E-state index is 0.109. The van der Waals surface area contributed by atoms with Crippen LogP contribution in [0.5, 0.6) is 0 Å². The van der Waals surface area contributed by atoms with Crippen molar-refractivity contribution in [3.63, 3.8) is 0 Å². The Balaban J connectivity index is 1.65. The van der Waals surface area contributed by atoms with Gasteiger partial charge in [-0.1, -0.05) is 11.6 Å². The van der Waals surface area contributed by atoms with E-state index in [2.05, 4.69) is 15.3 Å². The van der Waals surface area contributed by atoms with Crippen molar-refractivity contribution >= 4 is 38.1 Å². The summed E-state index contributed by atoms with van der Waals surface area (Å²) >= 11 is 5.87. The van der Waals surface area contributed by atoms with Crippen molar-refractivity contribution in [2.45, 2.75) is 25.8 Å². The van der Waals surface area contributed by atoms with Gasteiger partial charge in [-0.2, -0.15) is 0 Å². The Bertz CT molecular complexity index is 1180. The van der Waals surface area contributed by atoms with Gasteiger partial charge < -0.3 is 5.32 Å². The largest absolute Gasteiger partial charge is 0.382 e. The number of benzene rings is 1. The molecule has 4 rings (SSSR count). The average molecular weight is 449 g/mol. The van der Waals surface area contributed by atoms with Gasteiger partial charge in [-0.3, -0.25) is 4.98 Å². The topological polar surface area (TPSA) is 75.2 Å². The number of fused-ring (bicyclic) bond motifs is 1. The standard InChI is InChI=1S/C21H22ClFN4O2S/c1-2-30(28,29)27-9-5-16(6-10-27)26-19-12-15(11-14-3-7-24-13-18(14)19)17-4-8-25-21(22)20(17)23/h3-4,7-8,11-13,16,26H,2,5-6,9-10H2,1H3. The van der Waals surface area contributed by atoms with E-state index in [1.807, 2.05) is 18.2 Å². The van der Waals surface area contributed by atoms with Gasteiger partial charge in [-0.05, 0) is 55.0 Å². The first-order valence-electron chi connectivity index (χ1n) is 9.81. The lowest BCUT2D eigenvalue weighted by molar-refractivity contribution is 0.330. The van der Waals surface area contributed by atoms with Gasteiger partial charge in [0, 0.05) is 54.4 Å². The molecule has 1 N–H and O–H groups in total. The zero-order chi connectivity index (χ0) is 21.3. The van der Waals surface area contributed by atoms with Crippen molar-refractivity contribution in [3.8, 4) is 11.1 Å². The Labute approximate surface area is 180 Å². The third-order valence-electron chi connectivity index (χ3n) is 5.49. The van der Waals surface area contributed by atoms with Gasteiger partial charge in [-0.15, -0.1) is 0 Å². The van der Waals surface area contributed by atoms with Gasteiger partial charge in [0.1, 0.15) is 0 Å². The fourth-order valence-electron chi connectivity index (χ4n) is 3.80. The molecule has 0 unspecified atom stereocenters. The molecule has 0 saturated carbocycles. The SMILES string of the molecule is CCS(=O)(=O)N1CCC(Nc2cc(-c3ccnc(Cl)c3F)cc3ccncc23)CC1. The molecular formula is C21H22ClFN4O2S. The van der Waals surface area contributed by atoms with Gasteiger partial charge in [0.2, 0.25) is 10.0 Å². The second kappa shape index (κ2) is 8.45. The van der Waals surface area contributed by atoms with E-state index in [-0.39, 0.29) is 16.9 Å². The van der Waals surface area contributed by atoms with E-state index in [4.69, 9.17) is 11.6 Å². The number of rotatable bonds is 5. The van der Waals surface area contributed by atoms with Crippen molar-refractivity contribution < 1.29 is 12.8 Å². The normalized spacial score (nSPS) is 16.1. The van der Waals surface area contributed by atoms with E-state index in [0.717, 1.165) is 16.5 Å². The predicted octanol–water partition coefficient (Wildman–Crippen LogP) is 4.32. The molecule has 1 aliphatic rings. The van der Waals surface area contributed by atoms with Crippen LogP contribution in [0, 0.1) is 5.82 Å². The average Bonchev–Trinajstić information content (AvgIpc) is 2.76. The molecule has 0 radical (unpaired) electrons. The number of hydrogen-bond acceptors (Lipinski definition) is 5.